The number of H-pyrrole nitrogens is 1. The van der Waals surface area contributed by atoms with Gasteiger partial charge >= 0.3 is 12.0 Å². The summed E-state index contributed by atoms with van der Waals surface area (Å²) in [6, 6.07) is 15.9. The number of nitrogens with one attached hydrogen (secondary N) is 3. The van der Waals surface area contributed by atoms with Crippen LogP contribution in [0.4, 0.5) is 14.9 Å². The molecule has 2 aromatic carbocycles. The minimum atomic E-state index is -0.600. The van der Waals surface area contributed by atoms with Crippen LogP contribution in [-0.2, 0) is 9.53 Å². The van der Waals surface area contributed by atoms with Crippen LogP contribution in [0.1, 0.15) is 24.9 Å². The van der Waals surface area contributed by atoms with Gasteiger partial charge in [-0.05, 0) is 42.8 Å². The molecule has 2 amide bonds. The molecule has 0 aliphatic rings. The Bertz CT molecular complexity index is 1260. The minimum absolute atomic E-state index is 0.0228. The summed E-state index contributed by atoms with van der Waals surface area (Å²) in [5, 5.41) is 6.22. The lowest BCUT2D eigenvalue weighted by Gasteiger charge is -2.19. The number of anilines is 1. The summed E-state index contributed by atoms with van der Waals surface area (Å²) in [7, 11) is 0. The molecule has 0 fully saturated rings. The van der Waals surface area contributed by atoms with Crippen LogP contribution in [0.15, 0.2) is 73.1 Å². The maximum absolute atomic E-state index is 14.0. The van der Waals surface area contributed by atoms with Gasteiger partial charge in [0.2, 0.25) is 0 Å². The SMILES string of the molecule is CCOC(=O)C[C@H](NC(=O)Nc1c(-c2ccncc2)[nH]c2ccc(F)cc12)c1ccccc1. The van der Waals surface area contributed by atoms with Gasteiger partial charge in [0.15, 0.2) is 0 Å². The number of amides is 2. The van der Waals surface area contributed by atoms with Crippen LogP contribution in [0.2, 0.25) is 0 Å². The van der Waals surface area contributed by atoms with Gasteiger partial charge < -0.3 is 20.4 Å². The molecule has 0 unspecified atom stereocenters. The van der Waals surface area contributed by atoms with E-state index >= 15 is 0 Å². The zero-order chi connectivity index (χ0) is 23.2. The van der Waals surface area contributed by atoms with Gasteiger partial charge in [0.1, 0.15) is 5.82 Å². The molecule has 1 atom stereocenters. The number of fused-ring (bicyclic) bond motifs is 1. The van der Waals surface area contributed by atoms with Gasteiger partial charge in [0, 0.05) is 28.9 Å². The summed E-state index contributed by atoms with van der Waals surface area (Å²) in [6.45, 7) is 1.98. The fourth-order valence-electron chi connectivity index (χ4n) is 3.66. The number of urea groups is 1. The summed E-state index contributed by atoms with van der Waals surface area (Å²) in [6.07, 6.45) is 3.25. The Morgan fingerprint density at radius 1 is 1.09 bits per heavy atom. The number of carbonyl (C=O) groups excluding carboxylic acids is 2. The van der Waals surface area contributed by atoms with Gasteiger partial charge in [-0.1, -0.05) is 30.3 Å². The number of rotatable bonds is 7. The molecule has 168 valence electrons. The molecule has 2 aromatic heterocycles. The van der Waals surface area contributed by atoms with Crippen molar-refractivity contribution in [2.75, 3.05) is 11.9 Å². The predicted octanol–water partition coefficient (Wildman–Crippen LogP) is 5.19. The van der Waals surface area contributed by atoms with E-state index in [4.69, 9.17) is 4.74 Å². The second kappa shape index (κ2) is 9.95. The fourth-order valence-corrected chi connectivity index (χ4v) is 3.66. The average Bonchev–Trinajstić information content (AvgIpc) is 3.17. The van der Waals surface area contributed by atoms with Crippen molar-refractivity contribution in [1.82, 2.24) is 15.3 Å². The first-order valence-electron chi connectivity index (χ1n) is 10.5. The van der Waals surface area contributed by atoms with Gasteiger partial charge in [-0.2, -0.15) is 0 Å². The Labute approximate surface area is 190 Å². The Hall–Kier alpha value is -4.20. The molecule has 2 heterocycles. The standard InChI is InChI=1S/C25H23FN4O3/c1-2-33-22(31)15-21(16-6-4-3-5-7-16)29-25(32)30-24-19-14-18(26)8-9-20(19)28-23(24)17-10-12-27-13-11-17/h3-14,21,28H,2,15H2,1H3,(H2,29,30,32)/t21-/m0/s1. The van der Waals surface area contributed by atoms with E-state index in [-0.39, 0.29) is 13.0 Å². The second-order valence-electron chi connectivity index (χ2n) is 7.37. The molecule has 0 saturated heterocycles. The number of pyridine rings is 1. The lowest BCUT2D eigenvalue weighted by molar-refractivity contribution is -0.143. The Balaban J connectivity index is 1.64. The van der Waals surface area contributed by atoms with Crippen LogP contribution in [0.25, 0.3) is 22.2 Å². The summed E-state index contributed by atoms with van der Waals surface area (Å²) in [5.41, 5.74) is 3.26. The largest absolute Gasteiger partial charge is 0.466 e. The highest BCUT2D eigenvalue weighted by molar-refractivity contribution is 6.07. The molecular formula is C25H23FN4O3. The maximum atomic E-state index is 14.0. The lowest BCUT2D eigenvalue weighted by atomic mass is 10.0. The van der Waals surface area contributed by atoms with Crippen LogP contribution in [0.3, 0.4) is 0 Å². The number of aromatic nitrogens is 2. The Morgan fingerprint density at radius 3 is 2.58 bits per heavy atom. The normalized spacial score (nSPS) is 11.7. The third kappa shape index (κ3) is 5.17. The van der Waals surface area contributed by atoms with Gasteiger partial charge in [-0.3, -0.25) is 9.78 Å². The van der Waals surface area contributed by atoms with E-state index in [9.17, 15) is 14.0 Å². The number of esters is 1. The predicted molar refractivity (Wildman–Crippen MR) is 124 cm³/mol. The molecule has 33 heavy (non-hydrogen) atoms. The molecule has 0 bridgehead atoms. The van der Waals surface area contributed by atoms with Gasteiger partial charge in [0.25, 0.3) is 0 Å². The van der Waals surface area contributed by atoms with Gasteiger partial charge in [-0.15, -0.1) is 0 Å². The van der Waals surface area contributed by atoms with Crippen molar-refractivity contribution < 1.29 is 18.7 Å². The number of ether oxygens (including phenoxy) is 1. The average molecular weight is 446 g/mol. The summed E-state index contributed by atoms with van der Waals surface area (Å²) < 4.78 is 19.1. The van der Waals surface area contributed by atoms with E-state index < -0.39 is 23.9 Å². The highest BCUT2D eigenvalue weighted by Gasteiger charge is 2.21. The lowest BCUT2D eigenvalue weighted by Crippen LogP contribution is -2.34. The molecule has 0 radical (unpaired) electrons. The van der Waals surface area contributed by atoms with E-state index in [1.54, 1.807) is 37.5 Å². The third-order valence-electron chi connectivity index (χ3n) is 5.15. The van der Waals surface area contributed by atoms with Crippen LogP contribution in [0, 0.1) is 5.82 Å². The number of hydrogen-bond acceptors (Lipinski definition) is 4. The summed E-state index contributed by atoms with van der Waals surface area (Å²) in [5.74, 6) is -0.839. The van der Waals surface area contributed by atoms with E-state index in [2.05, 4.69) is 20.6 Å². The zero-order valence-electron chi connectivity index (χ0n) is 18.0. The first kappa shape index (κ1) is 22.0. The van der Waals surface area contributed by atoms with E-state index in [0.717, 1.165) is 11.1 Å². The van der Waals surface area contributed by atoms with Crippen molar-refractivity contribution in [2.45, 2.75) is 19.4 Å². The van der Waals surface area contributed by atoms with Crippen molar-refractivity contribution >= 4 is 28.6 Å². The quantitative estimate of drug-likeness (QED) is 0.341. The Kier molecular flexibility index (Phi) is 6.64. The molecule has 0 aliphatic heterocycles. The number of halogens is 1. The first-order chi connectivity index (χ1) is 16.0. The van der Waals surface area contributed by atoms with Crippen molar-refractivity contribution in [2.24, 2.45) is 0 Å². The number of benzene rings is 2. The minimum Gasteiger partial charge on any atom is -0.466 e. The number of carbonyl (C=O) groups is 2. The molecule has 0 aliphatic carbocycles. The van der Waals surface area contributed by atoms with Crippen molar-refractivity contribution in [3.63, 3.8) is 0 Å². The summed E-state index contributed by atoms with van der Waals surface area (Å²) in [4.78, 5) is 32.4. The molecule has 0 spiro atoms. The molecule has 4 aromatic rings. The van der Waals surface area contributed by atoms with Crippen LogP contribution in [-0.4, -0.2) is 28.6 Å². The van der Waals surface area contributed by atoms with E-state index in [0.29, 0.717) is 22.3 Å². The molecular weight excluding hydrogens is 423 g/mol. The van der Waals surface area contributed by atoms with E-state index in [1.165, 1.54) is 12.1 Å². The smallest absolute Gasteiger partial charge is 0.319 e. The molecule has 0 saturated carbocycles. The van der Waals surface area contributed by atoms with Crippen molar-refractivity contribution in [3.05, 3.63) is 84.4 Å². The van der Waals surface area contributed by atoms with Gasteiger partial charge in [-0.25, -0.2) is 9.18 Å². The number of nitrogens with zero attached hydrogens (tertiary/aromatic N) is 1. The number of hydrogen-bond donors (Lipinski definition) is 3. The fraction of sp³-hybridized carbons (Fsp3) is 0.160. The molecule has 4 rings (SSSR count). The number of aromatic amines is 1. The molecule has 8 heteroatoms. The molecule has 3 N–H and O–H groups in total. The zero-order valence-corrected chi connectivity index (χ0v) is 18.0. The van der Waals surface area contributed by atoms with Crippen LogP contribution >= 0.6 is 0 Å². The monoisotopic (exact) mass is 446 g/mol. The topological polar surface area (TPSA) is 96.1 Å². The molecule has 7 nitrogen and oxygen atoms in total. The summed E-state index contributed by atoms with van der Waals surface area (Å²) >= 11 is 0. The van der Waals surface area contributed by atoms with Crippen LogP contribution < -0.4 is 10.6 Å². The van der Waals surface area contributed by atoms with E-state index in [1.807, 2.05) is 30.3 Å². The first-order valence-corrected chi connectivity index (χ1v) is 10.5. The van der Waals surface area contributed by atoms with Crippen molar-refractivity contribution in [3.8, 4) is 11.3 Å². The van der Waals surface area contributed by atoms with Gasteiger partial charge in [0.05, 0.1) is 30.5 Å². The van der Waals surface area contributed by atoms with Crippen LogP contribution in [0.5, 0.6) is 0 Å². The second-order valence-corrected chi connectivity index (χ2v) is 7.37. The third-order valence-corrected chi connectivity index (χ3v) is 5.15. The highest BCUT2D eigenvalue weighted by atomic mass is 19.1. The van der Waals surface area contributed by atoms with Crippen molar-refractivity contribution in [1.29, 1.82) is 0 Å². The maximum Gasteiger partial charge on any atom is 0.319 e. The highest BCUT2D eigenvalue weighted by Crippen LogP contribution is 2.35. The Morgan fingerprint density at radius 2 is 1.85 bits per heavy atom.